The van der Waals surface area contributed by atoms with E-state index in [1.807, 2.05) is 61.5 Å². The summed E-state index contributed by atoms with van der Waals surface area (Å²) in [4.78, 5) is 26.9. The highest BCUT2D eigenvalue weighted by atomic mass is 16.2. The smallest absolute Gasteiger partial charge is 0.255 e. The Morgan fingerprint density at radius 2 is 1.87 bits per heavy atom. The summed E-state index contributed by atoms with van der Waals surface area (Å²) in [7, 11) is 3.97. The van der Waals surface area contributed by atoms with E-state index in [1.165, 1.54) is 6.42 Å². The number of hydrogen-bond acceptors (Lipinski definition) is 4. The molecule has 0 radical (unpaired) electrons. The molecule has 158 valence electrons. The van der Waals surface area contributed by atoms with E-state index in [-0.39, 0.29) is 23.8 Å². The van der Waals surface area contributed by atoms with Gasteiger partial charge in [0.2, 0.25) is 5.91 Å². The van der Waals surface area contributed by atoms with Crippen LogP contribution in [0.15, 0.2) is 48.5 Å². The Morgan fingerprint density at radius 1 is 1.10 bits per heavy atom. The van der Waals surface area contributed by atoms with Gasteiger partial charge >= 0.3 is 0 Å². The van der Waals surface area contributed by atoms with Crippen LogP contribution in [-0.2, 0) is 11.2 Å². The Hall–Kier alpha value is -2.86. The number of carbonyl (C=O) groups is 2. The van der Waals surface area contributed by atoms with Crippen LogP contribution in [0.25, 0.3) is 0 Å². The van der Waals surface area contributed by atoms with Crippen LogP contribution in [0.3, 0.4) is 0 Å². The lowest BCUT2D eigenvalue weighted by Crippen LogP contribution is -2.60. The zero-order valence-electron chi connectivity index (χ0n) is 17.7. The molecule has 2 aromatic rings. The number of hydrogen-bond donors (Lipinski definition) is 3. The van der Waals surface area contributed by atoms with Gasteiger partial charge in [-0.15, -0.1) is 0 Å². The van der Waals surface area contributed by atoms with E-state index < -0.39 is 0 Å². The van der Waals surface area contributed by atoms with Gasteiger partial charge in [0, 0.05) is 43.0 Å². The zero-order valence-corrected chi connectivity index (χ0v) is 17.7. The van der Waals surface area contributed by atoms with E-state index in [0.717, 1.165) is 42.6 Å². The van der Waals surface area contributed by atoms with E-state index >= 15 is 0 Å². The van der Waals surface area contributed by atoms with Crippen LogP contribution in [0.2, 0.25) is 0 Å². The van der Waals surface area contributed by atoms with Crippen molar-refractivity contribution in [3.8, 4) is 0 Å². The first-order valence-electron chi connectivity index (χ1n) is 10.7. The van der Waals surface area contributed by atoms with Crippen LogP contribution in [0.5, 0.6) is 0 Å². The Labute approximate surface area is 178 Å². The lowest BCUT2D eigenvalue weighted by molar-refractivity contribution is -0.133. The Bertz CT molecular complexity index is 910. The summed E-state index contributed by atoms with van der Waals surface area (Å²) in [5.74, 6) is 0.487. The van der Waals surface area contributed by atoms with Gasteiger partial charge in [0.05, 0.1) is 0 Å². The van der Waals surface area contributed by atoms with Crippen LogP contribution < -0.4 is 21.1 Å². The molecule has 2 aliphatic rings. The van der Waals surface area contributed by atoms with Gasteiger partial charge in [0.25, 0.3) is 5.91 Å². The third kappa shape index (κ3) is 4.49. The molecule has 4 rings (SSSR count). The second-order valence-electron chi connectivity index (χ2n) is 8.59. The van der Waals surface area contributed by atoms with Gasteiger partial charge in [-0.3, -0.25) is 15.0 Å². The van der Waals surface area contributed by atoms with Crippen LogP contribution in [0.4, 0.5) is 11.4 Å². The highest BCUT2D eigenvalue weighted by Crippen LogP contribution is 2.35. The number of hydrazine groups is 1. The van der Waals surface area contributed by atoms with Crippen molar-refractivity contribution in [3.05, 3.63) is 59.7 Å². The molecule has 0 spiro atoms. The first-order valence-corrected chi connectivity index (χ1v) is 10.7. The van der Waals surface area contributed by atoms with E-state index in [9.17, 15) is 9.59 Å². The van der Waals surface area contributed by atoms with Gasteiger partial charge in [-0.1, -0.05) is 25.0 Å². The Morgan fingerprint density at radius 3 is 2.63 bits per heavy atom. The molecule has 0 bridgehead atoms. The van der Waals surface area contributed by atoms with Gasteiger partial charge in [-0.2, -0.15) is 0 Å². The van der Waals surface area contributed by atoms with Crippen molar-refractivity contribution in [2.45, 2.75) is 38.1 Å². The molecule has 1 heterocycles. The van der Waals surface area contributed by atoms with Crippen molar-refractivity contribution >= 4 is 23.2 Å². The SMILES string of the molecule is CN(C)c1ccc(NC(=O)c2cccc(CC3NNC(=O)C4CCCCC34)c2)cc1. The molecule has 2 aromatic carbocycles. The first-order chi connectivity index (χ1) is 14.5. The summed E-state index contributed by atoms with van der Waals surface area (Å²) < 4.78 is 0. The quantitative estimate of drug-likeness (QED) is 0.712. The number of fused-ring (bicyclic) bond motifs is 1. The largest absolute Gasteiger partial charge is 0.378 e. The van der Waals surface area contributed by atoms with E-state index in [1.54, 1.807) is 0 Å². The monoisotopic (exact) mass is 406 g/mol. The molecular formula is C24H30N4O2. The summed E-state index contributed by atoms with van der Waals surface area (Å²) in [6.07, 6.45) is 5.16. The van der Waals surface area contributed by atoms with Gasteiger partial charge < -0.3 is 10.2 Å². The molecule has 3 unspecified atom stereocenters. The predicted molar refractivity (Wildman–Crippen MR) is 119 cm³/mol. The maximum absolute atomic E-state index is 12.8. The minimum Gasteiger partial charge on any atom is -0.378 e. The molecular weight excluding hydrogens is 376 g/mol. The molecule has 6 heteroatoms. The van der Waals surface area contributed by atoms with Crippen LogP contribution in [-0.4, -0.2) is 32.0 Å². The highest BCUT2D eigenvalue weighted by molar-refractivity contribution is 6.04. The van der Waals surface area contributed by atoms with Crippen molar-refractivity contribution in [1.82, 2.24) is 10.9 Å². The number of rotatable bonds is 5. The molecule has 3 N–H and O–H groups in total. The van der Waals surface area contributed by atoms with Gasteiger partial charge in [0.15, 0.2) is 0 Å². The second-order valence-corrected chi connectivity index (χ2v) is 8.59. The van der Waals surface area contributed by atoms with Crippen LogP contribution in [0, 0.1) is 11.8 Å². The third-order valence-corrected chi connectivity index (χ3v) is 6.34. The maximum Gasteiger partial charge on any atom is 0.255 e. The van der Waals surface area contributed by atoms with Crippen molar-refractivity contribution in [2.75, 3.05) is 24.3 Å². The number of nitrogens with zero attached hydrogens (tertiary/aromatic N) is 1. The molecule has 6 nitrogen and oxygen atoms in total. The van der Waals surface area contributed by atoms with Gasteiger partial charge in [-0.25, -0.2) is 5.43 Å². The number of nitrogens with one attached hydrogen (secondary N) is 3. The standard InChI is InChI=1S/C24H30N4O2/c1-28(2)19-12-10-18(11-13-19)25-23(29)17-7-5-6-16(14-17)15-22-20-8-3-4-9-21(20)24(30)27-26-22/h5-7,10-14,20-22,26H,3-4,8-9,15H2,1-2H3,(H,25,29)(H,27,30). The topological polar surface area (TPSA) is 73.5 Å². The Kier molecular flexibility index (Phi) is 6.04. The van der Waals surface area contributed by atoms with Gasteiger partial charge in [-0.05, 0) is 67.1 Å². The van der Waals surface area contributed by atoms with Gasteiger partial charge in [0.1, 0.15) is 0 Å². The average molecular weight is 407 g/mol. The molecule has 1 saturated carbocycles. The minimum atomic E-state index is -0.116. The van der Waals surface area contributed by atoms with E-state index in [2.05, 4.69) is 22.2 Å². The lowest BCUT2D eigenvalue weighted by Gasteiger charge is -2.41. The normalized spacial score (nSPS) is 23.3. The molecule has 2 amide bonds. The third-order valence-electron chi connectivity index (χ3n) is 6.34. The molecule has 0 aromatic heterocycles. The van der Waals surface area contributed by atoms with Crippen LogP contribution in [0.1, 0.15) is 41.6 Å². The fourth-order valence-electron chi connectivity index (χ4n) is 4.67. The minimum absolute atomic E-state index is 0.113. The highest BCUT2D eigenvalue weighted by Gasteiger charge is 2.39. The summed E-state index contributed by atoms with van der Waals surface area (Å²) in [5, 5.41) is 2.98. The number of anilines is 2. The van der Waals surface area contributed by atoms with Crippen LogP contribution >= 0.6 is 0 Å². The van der Waals surface area contributed by atoms with Crippen molar-refractivity contribution < 1.29 is 9.59 Å². The summed E-state index contributed by atoms with van der Waals surface area (Å²) in [6.45, 7) is 0. The Balaban J connectivity index is 1.43. The first kappa shape index (κ1) is 20.4. The number of benzene rings is 2. The van der Waals surface area contributed by atoms with Crippen molar-refractivity contribution in [3.63, 3.8) is 0 Å². The van der Waals surface area contributed by atoms with E-state index in [4.69, 9.17) is 0 Å². The maximum atomic E-state index is 12.8. The molecule has 1 aliphatic carbocycles. The fourth-order valence-corrected chi connectivity index (χ4v) is 4.67. The summed E-state index contributed by atoms with van der Waals surface area (Å²) in [6, 6.07) is 15.8. The molecule has 3 atom stereocenters. The second kappa shape index (κ2) is 8.88. The zero-order chi connectivity index (χ0) is 21.1. The number of amides is 2. The van der Waals surface area contributed by atoms with Crippen molar-refractivity contribution in [1.29, 1.82) is 0 Å². The number of carbonyl (C=O) groups excluding carboxylic acids is 2. The summed E-state index contributed by atoms with van der Waals surface area (Å²) in [5.41, 5.74) is 9.68. The molecule has 1 aliphatic heterocycles. The molecule has 2 fully saturated rings. The molecule has 1 saturated heterocycles. The van der Waals surface area contributed by atoms with E-state index in [0.29, 0.717) is 11.5 Å². The average Bonchev–Trinajstić information content (AvgIpc) is 2.76. The fraction of sp³-hybridized carbons (Fsp3) is 0.417. The lowest BCUT2D eigenvalue weighted by atomic mass is 9.72. The van der Waals surface area contributed by atoms with Crippen molar-refractivity contribution in [2.24, 2.45) is 11.8 Å². The predicted octanol–water partition coefficient (Wildman–Crippen LogP) is 3.36. The summed E-state index contributed by atoms with van der Waals surface area (Å²) >= 11 is 0. The molecule has 30 heavy (non-hydrogen) atoms.